The molecule has 1 saturated heterocycles. The molecule has 1 N–H and O–H groups in total. The lowest BCUT2D eigenvalue weighted by atomic mass is 10.2. The molecular weight excluding hydrogens is 238 g/mol. The lowest BCUT2D eigenvalue weighted by Crippen LogP contribution is -2.51. The molecule has 1 unspecified atom stereocenters. The highest BCUT2D eigenvalue weighted by molar-refractivity contribution is 5.28. The Bertz CT molecular complexity index is 401. The first-order chi connectivity index (χ1) is 9.10. The lowest BCUT2D eigenvalue weighted by molar-refractivity contribution is 0.103. The molecule has 0 amide bonds. The number of nitrogens with zero attached hydrogens (tertiary/aromatic N) is 4. The maximum Gasteiger partial charge on any atom is 0.203 e. The van der Waals surface area contributed by atoms with Crippen molar-refractivity contribution < 1.29 is 0 Å². The molecule has 0 spiro atoms. The molecule has 1 fully saturated rings. The van der Waals surface area contributed by atoms with Crippen molar-refractivity contribution in [3.63, 3.8) is 0 Å². The number of rotatable bonds is 5. The molecule has 1 aliphatic heterocycles. The Morgan fingerprint density at radius 2 is 2.16 bits per heavy atom. The van der Waals surface area contributed by atoms with Gasteiger partial charge in [-0.2, -0.15) is 0 Å². The Morgan fingerprint density at radius 3 is 2.89 bits per heavy atom. The summed E-state index contributed by atoms with van der Waals surface area (Å²) in [6, 6.07) is 0.564. The summed E-state index contributed by atoms with van der Waals surface area (Å²) in [7, 11) is 4.43. The number of piperazine rings is 1. The molecule has 1 aromatic heterocycles. The van der Waals surface area contributed by atoms with Crippen molar-refractivity contribution in [3.8, 4) is 0 Å². The van der Waals surface area contributed by atoms with Crippen LogP contribution in [0.5, 0.6) is 0 Å². The van der Waals surface area contributed by atoms with Gasteiger partial charge in [0.25, 0.3) is 0 Å². The molecule has 0 aromatic carbocycles. The predicted molar refractivity (Wildman–Crippen MR) is 79.7 cm³/mol. The maximum absolute atomic E-state index is 4.58. The van der Waals surface area contributed by atoms with Crippen LogP contribution in [-0.2, 0) is 6.54 Å². The molecule has 0 bridgehead atoms. The van der Waals surface area contributed by atoms with Gasteiger partial charge in [0.1, 0.15) is 0 Å². The first-order valence-electron chi connectivity index (χ1n) is 7.26. The van der Waals surface area contributed by atoms with Gasteiger partial charge in [0, 0.05) is 45.0 Å². The van der Waals surface area contributed by atoms with Crippen molar-refractivity contribution in [2.24, 2.45) is 0 Å². The zero-order valence-electron chi connectivity index (χ0n) is 12.7. The van der Waals surface area contributed by atoms with Crippen LogP contribution < -0.4 is 5.32 Å². The summed E-state index contributed by atoms with van der Waals surface area (Å²) in [5.74, 6) is 1.01. The van der Waals surface area contributed by atoms with Gasteiger partial charge in [0.2, 0.25) is 5.95 Å². The van der Waals surface area contributed by atoms with E-state index in [1.165, 1.54) is 0 Å². The Balaban J connectivity index is 2.04. The van der Waals surface area contributed by atoms with E-state index in [0.29, 0.717) is 6.04 Å². The van der Waals surface area contributed by atoms with Crippen LogP contribution in [-0.4, -0.2) is 65.7 Å². The van der Waals surface area contributed by atoms with E-state index in [2.05, 4.69) is 58.8 Å². The molecule has 19 heavy (non-hydrogen) atoms. The van der Waals surface area contributed by atoms with Crippen molar-refractivity contribution >= 4 is 5.95 Å². The molecule has 2 heterocycles. The predicted octanol–water partition coefficient (Wildman–Crippen LogP) is 1.26. The number of imidazole rings is 1. The van der Waals surface area contributed by atoms with Gasteiger partial charge in [-0.15, -0.1) is 0 Å². The fourth-order valence-electron chi connectivity index (χ4n) is 2.59. The molecule has 1 aliphatic rings. The summed E-state index contributed by atoms with van der Waals surface area (Å²) in [5, 5.41) is 3.42. The summed E-state index contributed by atoms with van der Waals surface area (Å²) in [5.41, 5.74) is 1.09. The van der Waals surface area contributed by atoms with Crippen LogP contribution >= 0.6 is 0 Å². The van der Waals surface area contributed by atoms with Gasteiger partial charge in [-0.05, 0) is 27.4 Å². The smallest absolute Gasteiger partial charge is 0.203 e. The molecule has 1 atom stereocenters. The van der Waals surface area contributed by atoms with Crippen LogP contribution in [0, 0.1) is 6.92 Å². The first-order valence-corrected chi connectivity index (χ1v) is 7.26. The zero-order valence-corrected chi connectivity index (χ0v) is 12.7. The van der Waals surface area contributed by atoms with E-state index in [1.54, 1.807) is 0 Å². The van der Waals surface area contributed by atoms with Crippen molar-refractivity contribution in [1.82, 2.24) is 19.4 Å². The average Bonchev–Trinajstić information content (AvgIpc) is 2.71. The summed E-state index contributed by atoms with van der Waals surface area (Å²) < 4.78 is 2.27. The topological polar surface area (TPSA) is 36.3 Å². The highest BCUT2D eigenvalue weighted by Crippen LogP contribution is 2.14. The Hall–Kier alpha value is -1.07. The monoisotopic (exact) mass is 265 g/mol. The van der Waals surface area contributed by atoms with Gasteiger partial charge in [-0.3, -0.25) is 4.90 Å². The van der Waals surface area contributed by atoms with Gasteiger partial charge < -0.3 is 14.8 Å². The van der Waals surface area contributed by atoms with Crippen LogP contribution in [0.2, 0.25) is 0 Å². The quantitative estimate of drug-likeness (QED) is 0.869. The molecule has 0 radical (unpaired) electrons. The summed E-state index contributed by atoms with van der Waals surface area (Å²) in [4.78, 5) is 9.45. The Kier molecular flexibility index (Phi) is 4.82. The molecule has 5 heteroatoms. The zero-order chi connectivity index (χ0) is 13.8. The van der Waals surface area contributed by atoms with E-state index >= 15 is 0 Å². The molecular formula is C14H27N5. The second-order valence-electron chi connectivity index (χ2n) is 5.68. The highest BCUT2D eigenvalue weighted by atomic mass is 15.3. The molecule has 1 aromatic rings. The number of nitrogens with one attached hydrogen (secondary N) is 1. The van der Waals surface area contributed by atoms with E-state index in [4.69, 9.17) is 0 Å². The number of hydrogen-bond donors (Lipinski definition) is 1. The molecule has 0 aliphatic carbocycles. The standard InChI is InChI=1S/C14H27N5/c1-5-6-15-14-16-12(2)9-19(14)11-13-10-17(3)7-8-18(13)4/h9,13H,5-8,10-11H2,1-4H3,(H,15,16). The van der Waals surface area contributed by atoms with Gasteiger partial charge in [0.05, 0.1) is 5.69 Å². The van der Waals surface area contributed by atoms with Gasteiger partial charge in [-0.25, -0.2) is 4.98 Å². The van der Waals surface area contributed by atoms with Gasteiger partial charge in [-0.1, -0.05) is 6.92 Å². The minimum atomic E-state index is 0.564. The number of aryl methyl sites for hydroxylation is 1. The van der Waals surface area contributed by atoms with Crippen molar-refractivity contribution in [1.29, 1.82) is 0 Å². The third-order valence-electron chi connectivity index (χ3n) is 3.82. The minimum absolute atomic E-state index is 0.564. The summed E-state index contributed by atoms with van der Waals surface area (Å²) in [6.45, 7) is 9.66. The van der Waals surface area contributed by atoms with Crippen LogP contribution in [0.15, 0.2) is 6.20 Å². The molecule has 5 nitrogen and oxygen atoms in total. The van der Waals surface area contributed by atoms with Gasteiger partial charge >= 0.3 is 0 Å². The third-order valence-corrected chi connectivity index (χ3v) is 3.82. The number of anilines is 1. The van der Waals surface area contributed by atoms with E-state index < -0.39 is 0 Å². The minimum Gasteiger partial charge on any atom is -0.356 e. The van der Waals surface area contributed by atoms with Gasteiger partial charge in [0.15, 0.2) is 0 Å². The molecule has 2 rings (SSSR count). The first kappa shape index (κ1) is 14.3. The van der Waals surface area contributed by atoms with E-state index in [0.717, 1.165) is 50.8 Å². The SMILES string of the molecule is CCCNc1nc(C)cn1CC1CN(C)CCN1C. The fraction of sp³-hybridized carbons (Fsp3) is 0.786. The van der Waals surface area contributed by atoms with Crippen LogP contribution in [0.25, 0.3) is 0 Å². The van der Waals surface area contributed by atoms with Crippen LogP contribution in [0.1, 0.15) is 19.0 Å². The number of likely N-dealkylation sites (N-methyl/N-ethyl adjacent to an activating group) is 2. The average molecular weight is 265 g/mol. The second kappa shape index (κ2) is 6.39. The number of aromatic nitrogens is 2. The van der Waals surface area contributed by atoms with Crippen molar-refractivity contribution in [2.45, 2.75) is 32.9 Å². The maximum atomic E-state index is 4.58. The van der Waals surface area contributed by atoms with Crippen LogP contribution in [0.3, 0.4) is 0 Å². The van der Waals surface area contributed by atoms with E-state index in [1.807, 2.05) is 0 Å². The van der Waals surface area contributed by atoms with Crippen LogP contribution in [0.4, 0.5) is 5.95 Å². The number of hydrogen-bond acceptors (Lipinski definition) is 4. The Labute approximate surface area is 116 Å². The van der Waals surface area contributed by atoms with E-state index in [9.17, 15) is 0 Å². The molecule has 108 valence electrons. The summed E-state index contributed by atoms with van der Waals surface area (Å²) >= 11 is 0. The second-order valence-corrected chi connectivity index (χ2v) is 5.68. The van der Waals surface area contributed by atoms with Crippen molar-refractivity contribution in [2.75, 3.05) is 45.6 Å². The Morgan fingerprint density at radius 1 is 1.37 bits per heavy atom. The summed E-state index contributed by atoms with van der Waals surface area (Å²) in [6.07, 6.45) is 3.28. The highest BCUT2D eigenvalue weighted by Gasteiger charge is 2.23. The normalized spacial score (nSPS) is 21.8. The largest absolute Gasteiger partial charge is 0.356 e. The van der Waals surface area contributed by atoms with Crippen molar-refractivity contribution in [3.05, 3.63) is 11.9 Å². The lowest BCUT2D eigenvalue weighted by Gasteiger charge is -2.38. The third kappa shape index (κ3) is 3.70. The molecule has 0 saturated carbocycles. The fourth-order valence-corrected chi connectivity index (χ4v) is 2.59. The van der Waals surface area contributed by atoms with E-state index in [-0.39, 0.29) is 0 Å².